The van der Waals surface area contributed by atoms with Gasteiger partial charge in [0.1, 0.15) is 36.6 Å². The lowest BCUT2D eigenvalue weighted by Gasteiger charge is -2.60. The first-order chi connectivity index (χ1) is 24.1. The highest BCUT2D eigenvalue weighted by Gasteiger charge is 2.69. The molecule has 6 N–H and O–H groups in total. The zero-order chi connectivity index (χ0) is 36.4. The van der Waals surface area contributed by atoms with E-state index in [1.165, 1.54) is 5.57 Å². The molecule has 22 atom stereocenters. The molecule has 0 unspecified atom stereocenters. The molecule has 51 heavy (non-hydrogen) atoms. The maximum Gasteiger partial charge on any atom is 0.187 e. The van der Waals surface area contributed by atoms with Gasteiger partial charge in [-0.2, -0.15) is 0 Å². The molecule has 0 aromatic carbocycles. The number of ether oxygens (including phenoxy) is 6. The largest absolute Gasteiger partial charge is 0.393 e. The highest BCUT2D eigenvalue weighted by atomic mass is 16.8. The molecule has 0 aromatic heterocycles. The molecule has 1 spiro atoms. The molecular weight excluding hydrogens is 660 g/mol. The summed E-state index contributed by atoms with van der Waals surface area (Å²) in [5, 5.41) is 64.8. The van der Waals surface area contributed by atoms with Gasteiger partial charge in [0.05, 0.1) is 37.1 Å². The predicted octanol–water partition coefficient (Wildman–Crippen LogP) is 2.39. The molecule has 12 heteroatoms. The second-order valence-corrected chi connectivity index (χ2v) is 18.3. The number of aliphatic hydroxyl groups is 6. The molecule has 12 nitrogen and oxygen atoms in total. The lowest BCUT2D eigenvalue weighted by molar-refractivity contribution is -0.371. The maximum atomic E-state index is 11.3. The van der Waals surface area contributed by atoms with Crippen LogP contribution in [0, 0.1) is 46.3 Å². The van der Waals surface area contributed by atoms with Crippen LogP contribution in [0.5, 0.6) is 0 Å². The molecular formula is C39H62O12. The van der Waals surface area contributed by atoms with Gasteiger partial charge in [0.15, 0.2) is 18.4 Å². The van der Waals surface area contributed by atoms with Gasteiger partial charge in [-0.3, -0.25) is 0 Å². The molecule has 7 fully saturated rings. The van der Waals surface area contributed by atoms with Crippen molar-refractivity contribution < 1.29 is 59.1 Å². The number of fused-ring (bicyclic) bond motifs is 7. The van der Waals surface area contributed by atoms with Crippen LogP contribution in [-0.2, 0) is 28.4 Å². The number of hydrogen-bond acceptors (Lipinski definition) is 12. The quantitative estimate of drug-likeness (QED) is 0.234. The van der Waals surface area contributed by atoms with Gasteiger partial charge in [-0.1, -0.05) is 39.3 Å². The van der Waals surface area contributed by atoms with Gasteiger partial charge < -0.3 is 59.1 Å². The molecule has 4 aliphatic carbocycles. The van der Waals surface area contributed by atoms with Crippen LogP contribution in [0.3, 0.4) is 0 Å². The summed E-state index contributed by atoms with van der Waals surface area (Å²) in [5.41, 5.74) is 0.900. The molecule has 8 aliphatic rings. The van der Waals surface area contributed by atoms with E-state index in [-0.39, 0.29) is 11.5 Å². The average molecular weight is 723 g/mol. The van der Waals surface area contributed by atoms with Crippen LogP contribution < -0.4 is 0 Å². The van der Waals surface area contributed by atoms with Gasteiger partial charge in [0.2, 0.25) is 0 Å². The van der Waals surface area contributed by atoms with Gasteiger partial charge in [-0.05, 0) is 87.4 Å². The van der Waals surface area contributed by atoms with Crippen molar-refractivity contribution >= 4 is 0 Å². The van der Waals surface area contributed by atoms with Crippen LogP contribution in [0.4, 0.5) is 0 Å². The topological polar surface area (TPSA) is 177 Å². The molecule has 0 radical (unpaired) electrons. The first-order valence-corrected chi connectivity index (χ1v) is 19.8. The van der Waals surface area contributed by atoms with E-state index < -0.39 is 84.8 Å². The van der Waals surface area contributed by atoms with E-state index in [0.29, 0.717) is 48.3 Å². The van der Waals surface area contributed by atoms with Gasteiger partial charge in [-0.15, -0.1) is 0 Å². The Labute approximate surface area is 301 Å². The summed E-state index contributed by atoms with van der Waals surface area (Å²) in [5.74, 6) is 2.06. The minimum Gasteiger partial charge on any atom is -0.393 e. The van der Waals surface area contributed by atoms with Gasteiger partial charge in [0.25, 0.3) is 0 Å². The van der Waals surface area contributed by atoms with E-state index in [1.807, 2.05) is 0 Å². The first-order valence-electron chi connectivity index (χ1n) is 19.8. The summed E-state index contributed by atoms with van der Waals surface area (Å²) in [6.07, 6.45) is -4.22. The minimum atomic E-state index is -1.61. The van der Waals surface area contributed by atoms with Crippen molar-refractivity contribution in [2.75, 3.05) is 6.61 Å². The van der Waals surface area contributed by atoms with E-state index in [0.717, 1.165) is 45.1 Å². The molecule has 0 amide bonds. The SMILES string of the molecule is C[C@@H]1CC[C@@]2(OC1)O[C@H]1C[C@@H]3[C@@H]4CC=C5C[C@@H](O)C[C@@H](O[C@@H]6O[C@H](C)[C@@H](O)[C@H](O)[C@H]6O[C@@H]6O[C@@H](C)[C@H](O)[C@@H](O)[C@H]6O)[C@]5(C)[C@H]4CC[C@]3(C)[C@H]1[C@@H]2C. The Morgan fingerprint density at radius 2 is 1.47 bits per heavy atom. The predicted molar refractivity (Wildman–Crippen MR) is 182 cm³/mol. The van der Waals surface area contributed by atoms with Crippen molar-refractivity contribution in [3.63, 3.8) is 0 Å². The third-order valence-corrected chi connectivity index (χ3v) is 15.6. The summed E-state index contributed by atoms with van der Waals surface area (Å²) in [6.45, 7) is 13.4. The van der Waals surface area contributed by atoms with E-state index in [4.69, 9.17) is 28.4 Å². The molecule has 0 aromatic rings. The van der Waals surface area contributed by atoms with Crippen LogP contribution in [0.1, 0.15) is 92.9 Å². The Balaban J connectivity index is 1.05. The average Bonchev–Trinajstić information content (AvgIpc) is 3.54. The third-order valence-electron chi connectivity index (χ3n) is 15.6. The fraction of sp³-hybridized carbons (Fsp3) is 0.949. The number of hydrogen-bond donors (Lipinski definition) is 6. The van der Waals surface area contributed by atoms with E-state index >= 15 is 0 Å². The Kier molecular flexibility index (Phi) is 9.62. The Morgan fingerprint density at radius 1 is 0.765 bits per heavy atom. The molecule has 4 heterocycles. The monoisotopic (exact) mass is 722 g/mol. The zero-order valence-electron chi connectivity index (χ0n) is 31.0. The van der Waals surface area contributed by atoms with Gasteiger partial charge in [-0.25, -0.2) is 0 Å². The van der Waals surface area contributed by atoms with E-state index in [9.17, 15) is 30.6 Å². The summed E-state index contributed by atoms with van der Waals surface area (Å²) >= 11 is 0. The van der Waals surface area contributed by atoms with Crippen LogP contribution in [0.2, 0.25) is 0 Å². The maximum absolute atomic E-state index is 11.3. The van der Waals surface area contributed by atoms with Gasteiger partial charge >= 0.3 is 0 Å². The second kappa shape index (κ2) is 13.2. The number of aliphatic hydroxyl groups excluding tert-OH is 6. The van der Waals surface area contributed by atoms with Crippen molar-refractivity contribution in [2.24, 2.45) is 46.3 Å². The highest BCUT2D eigenvalue weighted by Crippen LogP contribution is 2.71. The lowest BCUT2D eigenvalue weighted by atomic mass is 9.46. The lowest BCUT2D eigenvalue weighted by Crippen LogP contribution is -2.64. The summed E-state index contributed by atoms with van der Waals surface area (Å²) in [6, 6.07) is 0. The number of rotatable bonds is 4. The molecule has 290 valence electrons. The highest BCUT2D eigenvalue weighted by molar-refractivity contribution is 5.29. The molecule has 4 saturated heterocycles. The van der Waals surface area contributed by atoms with E-state index in [2.05, 4.69) is 33.8 Å². The van der Waals surface area contributed by atoms with Crippen molar-refractivity contribution in [3.05, 3.63) is 11.6 Å². The number of allylic oxidation sites excluding steroid dienone is 1. The fourth-order valence-corrected chi connectivity index (χ4v) is 12.6. The fourth-order valence-electron chi connectivity index (χ4n) is 12.6. The van der Waals surface area contributed by atoms with Crippen molar-refractivity contribution in [2.45, 2.75) is 178 Å². The van der Waals surface area contributed by atoms with Crippen LogP contribution in [0.25, 0.3) is 0 Å². The van der Waals surface area contributed by atoms with Crippen LogP contribution in [0.15, 0.2) is 11.6 Å². The van der Waals surface area contributed by atoms with Crippen LogP contribution in [-0.4, -0.2) is 123 Å². The third kappa shape index (κ3) is 5.67. The second-order valence-electron chi connectivity index (χ2n) is 18.3. The minimum absolute atomic E-state index is 0.130. The molecule has 8 rings (SSSR count). The van der Waals surface area contributed by atoms with Gasteiger partial charge in [0, 0.05) is 24.2 Å². The molecule has 4 aliphatic heterocycles. The van der Waals surface area contributed by atoms with Crippen molar-refractivity contribution in [1.29, 1.82) is 0 Å². The van der Waals surface area contributed by atoms with Crippen molar-refractivity contribution in [3.8, 4) is 0 Å². The smallest absolute Gasteiger partial charge is 0.187 e. The Bertz CT molecular complexity index is 1320. The molecule has 3 saturated carbocycles. The summed E-state index contributed by atoms with van der Waals surface area (Å²) in [4.78, 5) is 0. The van der Waals surface area contributed by atoms with E-state index in [1.54, 1.807) is 13.8 Å². The standard InChI is InChI=1S/C39H62O12/c1-17-9-12-39(46-16-17)18(2)28-26(51-39)15-25-23-8-7-21-13-22(40)14-27(38(21,6)24(23)10-11-37(25,28)5)49-36-34(32(44)30(42)20(4)48-36)50-35-33(45)31(43)29(41)19(3)47-35/h7,17-20,22-36,40-45H,8-16H2,1-6H3/t17-,18+,19+,20-,22-,23-,24+,25-,26+,27-,28+,29+,30-,31-,32+,33-,34-,35+,36+,37+,38+,39-/m1/s1. The zero-order valence-corrected chi connectivity index (χ0v) is 31.0. The summed E-state index contributed by atoms with van der Waals surface area (Å²) < 4.78 is 38.4. The Morgan fingerprint density at radius 3 is 2.18 bits per heavy atom. The van der Waals surface area contributed by atoms with Crippen molar-refractivity contribution in [1.82, 2.24) is 0 Å². The Hall–Kier alpha value is -0.740. The first kappa shape index (κ1) is 37.2. The molecule has 0 bridgehead atoms. The van der Waals surface area contributed by atoms with Crippen LogP contribution >= 0.6 is 0 Å². The normalized spacial score (nSPS) is 59.8. The summed E-state index contributed by atoms with van der Waals surface area (Å²) in [7, 11) is 0.